The Balaban J connectivity index is 2.59. The Kier molecular flexibility index (Phi) is 2.69. The summed E-state index contributed by atoms with van der Waals surface area (Å²) in [5.74, 6) is -0.928. The van der Waals surface area contributed by atoms with Crippen molar-refractivity contribution in [1.82, 2.24) is 0 Å². The molecule has 0 bridgehead atoms. The van der Waals surface area contributed by atoms with Crippen molar-refractivity contribution < 1.29 is 15.0 Å². The first-order chi connectivity index (χ1) is 5.54. The molecule has 4 heteroatoms. The maximum atomic E-state index is 10.8. The summed E-state index contributed by atoms with van der Waals surface area (Å²) in [6.07, 6.45) is -0.236. The smallest absolute Gasteiger partial charge is 0.220 e. The number of aliphatic hydroxyl groups excluding tert-OH is 2. The van der Waals surface area contributed by atoms with E-state index in [4.69, 9.17) is 5.73 Å². The number of amides is 1. The van der Waals surface area contributed by atoms with Gasteiger partial charge in [0.15, 0.2) is 0 Å². The molecule has 4 nitrogen and oxygen atoms in total. The highest BCUT2D eigenvalue weighted by molar-refractivity contribution is 5.76. The van der Waals surface area contributed by atoms with Crippen molar-refractivity contribution >= 4 is 5.91 Å². The first kappa shape index (κ1) is 9.48. The second-order valence-electron chi connectivity index (χ2n) is 3.49. The topological polar surface area (TPSA) is 83.6 Å². The van der Waals surface area contributed by atoms with Gasteiger partial charge in [0, 0.05) is 5.92 Å². The molecule has 4 N–H and O–H groups in total. The molecule has 12 heavy (non-hydrogen) atoms. The van der Waals surface area contributed by atoms with E-state index in [1.54, 1.807) is 6.92 Å². The Morgan fingerprint density at radius 2 is 2.08 bits per heavy atom. The summed E-state index contributed by atoms with van der Waals surface area (Å²) < 4.78 is 0. The van der Waals surface area contributed by atoms with Gasteiger partial charge in [0.2, 0.25) is 5.91 Å². The van der Waals surface area contributed by atoms with Crippen molar-refractivity contribution in [3.8, 4) is 0 Å². The van der Waals surface area contributed by atoms with Gasteiger partial charge in [-0.15, -0.1) is 0 Å². The highest BCUT2D eigenvalue weighted by Gasteiger charge is 2.38. The minimum atomic E-state index is -0.785. The highest BCUT2D eigenvalue weighted by atomic mass is 16.3. The van der Waals surface area contributed by atoms with E-state index in [1.165, 1.54) is 0 Å². The van der Waals surface area contributed by atoms with Crippen molar-refractivity contribution in [1.29, 1.82) is 0 Å². The third-order valence-corrected chi connectivity index (χ3v) is 2.72. The third-order valence-electron chi connectivity index (χ3n) is 2.72. The summed E-state index contributed by atoms with van der Waals surface area (Å²) in [5.41, 5.74) is 5.09. The van der Waals surface area contributed by atoms with E-state index in [1.807, 2.05) is 0 Å². The van der Waals surface area contributed by atoms with E-state index in [2.05, 4.69) is 0 Å². The molecule has 1 aliphatic rings. The lowest BCUT2D eigenvalue weighted by molar-refractivity contribution is -0.124. The van der Waals surface area contributed by atoms with Crippen molar-refractivity contribution in [3.63, 3.8) is 0 Å². The van der Waals surface area contributed by atoms with Crippen molar-refractivity contribution in [2.75, 3.05) is 0 Å². The van der Waals surface area contributed by atoms with Crippen LogP contribution in [0.2, 0.25) is 0 Å². The molecule has 4 unspecified atom stereocenters. The summed E-state index contributed by atoms with van der Waals surface area (Å²) in [6, 6.07) is 0. The minimum absolute atomic E-state index is 0.169. The predicted molar refractivity (Wildman–Crippen MR) is 43.1 cm³/mol. The quantitative estimate of drug-likeness (QED) is 0.513. The number of carbonyl (C=O) groups is 1. The number of hydrogen-bond donors (Lipinski definition) is 3. The number of nitrogens with two attached hydrogens (primary N) is 1. The van der Waals surface area contributed by atoms with Gasteiger partial charge >= 0.3 is 0 Å². The number of primary amides is 1. The van der Waals surface area contributed by atoms with E-state index in [0.29, 0.717) is 12.8 Å². The van der Waals surface area contributed by atoms with E-state index in [-0.39, 0.29) is 11.8 Å². The van der Waals surface area contributed by atoms with E-state index >= 15 is 0 Å². The Hall–Kier alpha value is -0.610. The number of rotatable bonds is 2. The summed E-state index contributed by atoms with van der Waals surface area (Å²) in [4.78, 5) is 10.8. The van der Waals surface area contributed by atoms with Gasteiger partial charge in [-0.25, -0.2) is 0 Å². The van der Waals surface area contributed by atoms with Crippen LogP contribution in [0.4, 0.5) is 0 Å². The molecule has 0 radical (unpaired) electrons. The molecule has 0 spiro atoms. The fraction of sp³-hybridized carbons (Fsp3) is 0.875. The van der Waals surface area contributed by atoms with E-state index < -0.39 is 18.1 Å². The normalized spacial score (nSPS) is 38.1. The lowest BCUT2D eigenvalue weighted by atomic mass is 9.90. The molecule has 0 aliphatic heterocycles. The van der Waals surface area contributed by atoms with Gasteiger partial charge < -0.3 is 15.9 Å². The zero-order valence-corrected chi connectivity index (χ0v) is 7.10. The van der Waals surface area contributed by atoms with Gasteiger partial charge in [0.25, 0.3) is 0 Å². The molecule has 1 aliphatic carbocycles. The fourth-order valence-corrected chi connectivity index (χ4v) is 1.75. The number of carbonyl (C=O) groups excluding carboxylic acids is 1. The van der Waals surface area contributed by atoms with Crippen LogP contribution in [0.1, 0.15) is 19.8 Å². The van der Waals surface area contributed by atoms with Crippen LogP contribution in [0, 0.1) is 11.8 Å². The average molecular weight is 173 g/mol. The lowest BCUT2D eigenvalue weighted by Gasteiger charge is -2.20. The average Bonchev–Trinajstić information content (AvgIpc) is 2.32. The largest absolute Gasteiger partial charge is 0.390 e. The maximum absolute atomic E-state index is 10.8. The zero-order valence-electron chi connectivity index (χ0n) is 7.10. The zero-order chi connectivity index (χ0) is 9.30. The Morgan fingerprint density at radius 3 is 2.42 bits per heavy atom. The molecule has 1 saturated carbocycles. The Labute approximate surface area is 71.4 Å². The maximum Gasteiger partial charge on any atom is 0.220 e. The second-order valence-corrected chi connectivity index (χ2v) is 3.49. The van der Waals surface area contributed by atoms with Gasteiger partial charge in [0.05, 0.1) is 12.2 Å². The number of hydrogen-bond acceptors (Lipinski definition) is 3. The molecular formula is C8H15NO3. The second kappa shape index (κ2) is 3.41. The molecule has 0 aromatic rings. The molecule has 1 rings (SSSR count). The first-order valence-corrected chi connectivity index (χ1v) is 4.19. The molecule has 70 valence electrons. The van der Waals surface area contributed by atoms with Gasteiger partial charge in [-0.3, -0.25) is 4.79 Å². The summed E-state index contributed by atoms with van der Waals surface area (Å²) in [6.45, 7) is 1.69. The van der Waals surface area contributed by atoms with Crippen LogP contribution in [0.25, 0.3) is 0 Å². The molecular weight excluding hydrogens is 158 g/mol. The molecule has 4 atom stereocenters. The Bertz CT molecular complexity index is 183. The first-order valence-electron chi connectivity index (χ1n) is 4.19. The van der Waals surface area contributed by atoms with Crippen LogP contribution in [0.5, 0.6) is 0 Å². The van der Waals surface area contributed by atoms with Crippen LogP contribution in [0.3, 0.4) is 0 Å². The van der Waals surface area contributed by atoms with Crippen molar-refractivity contribution in [2.24, 2.45) is 17.6 Å². The lowest BCUT2D eigenvalue weighted by Crippen LogP contribution is -2.35. The fourth-order valence-electron chi connectivity index (χ4n) is 1.75. The third kappa shape index (κ3) is 1.59. The van der Waals surface area contributed by atoms with Crippen LogP contribution in [-0.2, 0) is 4.79 Å². The van der Waals surface area contributed by atoms with Crippen molar-refractivity contribution in [2.45, 2.75) is 32.0 Å². The number of aliphatic hydroxyl groups is 2. The summed E-state index contributed by atoms with van der Waals surface area (Å²) in [7, 11) is 0. The summed E-state index contributed by atoms with van der Waals surface area (Å²) in [5, 5.41) is 18.6. The molecule has 0 aromatic heterocycles. The Morgan fingerprint density at radius 1 is 1.50 bits per heavy atom. The highest BCUT2D eigenvalue weighted by Crippen LogP contribution is 2.31. The van der Waals surface area contributed by atoms with Gasteiger partial charge in [-0.05, 0) is 18.8 Å². The van der Waals surface area contributed by atoms with Crippen LogP contribution in [0.15, 0.2) is 0 Å². The summed E-state index contributed by atoms with van der Waals surface area (Å²) >= 11 is 0. The monoisotopic (exact) mass is 173 g/mol. The van der Waals surface area contributed by atoms with Gasteiger partial charge in [-0.2, -0.15) is 0 Å². The van der Waals surface area contributed by atoms with Crippen LogP contribution in [-0.4, -0.2) is 28.3 Å². The molecule has 0 aromatic carbocycles. The minimum Gasteiger partial charge on any atom is -0.390 e. The SMILES string of the molecule is CC(C(N)=O)C1CCC(O)C1O. The van der Waals surface area contributed by atoms with Gasteiger partial charge in [-0.1, -0.05) is 6.92 Å². The van der Waals surface area contributed by atoms with Crippen molar-refractivity contribution in [3.05, 3.63) is 0 Å². The molecule has 1 amide bonds. The van der Waals surface area contributed by atoms with E-state index in [0.717, 1.165) is 0 Å². The molecule has 0 heterocycles. The predicted octanol–water partition coefficient (Wildman–Crippen LogP) is -0.760. The van der Waals surface area contributed by atoms with Crippen LogP contribution < -0.4 is 5.73 Å². The van der Waals surface area contributed by atoms with E-state index in [9.17, 15) is 15.0 Å². The van der Waals surface area contributed by atoms with Gasteiger partial charge in [0.1, 0.15) is 0 Å². The van der Waals surface area contributed by atoms with Crippen LogP contribution >= 0.6 is 0 Å². The standard InChI is InChI=1S/C8H15NO3/c1-4(8(9)12)5-2-3-6(10)7(5)11/h4-7,10-11H,2-3H2,1H3,(H2,9,12). The molecule has 0 saturated heterocycles. The molecule has 1 fully saturated rings.